The van der Waals surface area contributed by atoms with Crippen LogP contribution in [0.3, 0.4) is 0 Å². The number of carbonyl (C=O) groups is 3. The van der Waals surface area contributed by atoms with Crippen molar-refractivity contribution in [2.75, 3.05) is 18.2 Å². The van der Waals surface area contributed by atoms with E-state index in [1.165, 1.54) is 24.3 Å². The second-order valence-corrected chi connectivity index (χ2v) is 8.56. The first-order chi connectivity index (χ1) is 14.7. The first-order valence-corrected chi connectivity index (χ1v) is 10.4. The molecule has 3 fully saturated rings. The molecule has 31 heavy (non-hydrogen) atoms. The number of amides is 3. The highest BCUT2D eigenvalue weighted by atomic mass is 19.4. The molecule has 3 amide bonds. The van der Waals surface area contributed by atoms with Crippen molar-refractivity contribution in [3.05, 3.63) is 36.4 Å². The van der Waals surface area contributed by atoms with Crippen molar-refractivity contribution in [2.24, 2.45) is 35.5 Å². The second kappa shape index (κ2) is 6.83. The van der Waals surface area contributed by atoms with E-state index in [1.54, 1.807) is 6.92 Å². The molecule has 0 spiro atoms. The molecule has 1 aromatic carbocycles. The number of benzene rings is 1. The fourth-order valence-electron chi connectivity index (χ4n) is 5.60. The number of ether oxygens (including phenoxy) is 1. The molecule has 1 aromatic rings. The molecule has 6 rings (SSSR count). The number of likely N-dealkylation sites (tertiary alicyclic amines) is 1. The van der Waals surface area contributed by atoms with E-state index in [0.717, 1.165) is 11.3 Å². The monoisotopic (exact) mass is 434 g/mol. The second-order valence-electron chi connectivity index (χ2n) is 8.56. The highest BCUT2D eigenvalue weighted by molar-refractivity contribution is 6.07. The standard InChI is InChI=1S/C22H21F3N2O4/c1-2-31-12-5-3-11(4-6-12)26(21(30)22(23,24)25)10-27-19(28)17-13-7-8-14(16-9-15(13)16)18(17)20(27)29/h3-8,13-18H,2,9-10H2,1H3/t13-,14-,15-,16-,17-,18+/m0/s1. The fourth-order valence-corrected chi connectivity index (χ4v) is 5.60. The quantitative estimate of drug-likeness (QED) is 0.528. The summed E-state index contributed by atoms with van der Waals surface area (Å²) in [6.07, 6.45) is -0.195. The van der Waals surface area contributed by atoms with Crippen molar-refractivity contribution in [1.82, 2.24) is 4.90 Å². The van der Waals surface area contributed by atoms with Crippen molar-refractivity contribution in [1.29, 1.82) is 0 Å². The molecular weight excluding hydrogens is 413 g/mol. The van der Waals surface area contributed by atoms with Crippen LogP contribution >= 0.6 is 0 Å². The fraction of sp³-hybridized carbons (Fsp3) is 0.500. The van der Waals surface area contributed by atoms with Gasteiger partial charge in [-0.15, -0.1) is 0 Å². The van der Waals surface area contributed by atoms with Crippen LogP contribution in [-0.4, -0.2) is 42.1 Å². The molecule has 1 heterocycles. The number of nitrogens with zero attached hydrogens (tertiary/aromatic N) is 2. The van der Waals surface area contributed by atoms with E-state index in [9.17, 15) is 27.6 Å². The predicted molar refractivity (Wildman–Crippen MR) is 103 cm³/mol. The molecule has 6 atom stereocenters. The summed E-state index contributed by atoms with van der Waals surface area (Å²) in [4.78, 5) is 39.7. The molecule has 6 nitrogen and oxygen atoms in total. The van der Waals surface area contributed by atoms with Crippen LogP contribution in [0.4, 0.5) is 18.9 Å². The number of imide groups is 1. The Labute approximate surface area is 176 Å². The van der Waals surface area contributed by atoms with Crippen molar-refractivity contribution < 1.29 is 32.3 Å². The summed E-state index contributed by atoms with van der Waals surface area (Å²) in [6.45, 7) is 1.39. The predicted octanol–water partition coefficient (Wildman–Crippen LogP) is 2.99. The zero-order valence-corrected chi connectivity index (χ0v) is 16.7. The van der Waals surface area contributed by atoms with Gasteiger partial charge in [0, 0.05) is 5.69 Å². The first kappa shape index (κ1) is 20.1. The molecule has 5 aliphatic rings. The normalized spacial score (nSPS) is 32.7. The summed E-state index contributed by atoms with van der Waals surface area (Å²) in [7, 11) is 0. The molecule has 164 valence electrons. The maximum atomic E-state index is 13.3. The van der Waals surface area contributed by atoms with Crippen LogP contribution < -0.4 is 9.64 Å². The van der Waals surface area contributed by atoms with Crippen LogP contribution in [-0.2, 0) is 14.4 Å². The molecular formula is C22H21F3N2O4. The number of alkyl halides is 3. The number of allylic oxidation sites excluding steroid dienone is 2. The maximum Gasteiger partial charge on any atom is 0.471 e. The smallest absolute Gasteiger partial charge is 0.471 e. The Kier molecular flexibility index (Phi) is 4.43. The minimum absolute atomic E-state index is 0.0429. The summed E-state index contributed by atoms with van der Waals surface area (Å²) < 4.78 is 45.3. The summed E-state index contributed by atoms with van der Waals surface area (Å²) in [6, 6.07) is 5.52. The Morgan fingerprint density at radius 1 is 1.06 bits per heavy atom. The van der Waals surface area contributed by atoms with Gasteiger partial charge in [-0.05, 0) is 61.3 Å². The van der Waals surface area contributed by atoms with Gasteiger partial charge in [0.2, 0.25) is 11.8 Å². The van der Waals surface area contributed by atoms with E-state index in [1.807, 2.05) is 12.2 Å². The molecule has 2 bridgehead atoms. The van der Waals surface area contributed by atoms with Crippen LogP contribution in [0.1, 0.15) is 13.3 Å². The lowest BCUT2D eigenvalue weighted by atomic mass is 9.63. The van der Waals surface area contributed by atoms with Gasteiger partial charge < -0.3 is 4.74 Å². The van der Waals surface area contributed by atoms with Crippen molar-refractivity contribution in [2.45, 2.75) is 19.5 Å². The van der Waals surface area contributed by atoms with E-state index in [4.69, 9.17) is 4.74 Å². The number of rotatable bonds is 5. The lowest BCUT2D eigenvalue weighted by Gasteiger charge is -2.37. The SMILES string of the molecule is CCOc1ccc(N(CN2C(=O)[C@@H]3[C@H]4C=C[C@@H]([C@@H]5C[C@@H]45)[C@@H]3C2=O)C(=O)C(F)(F)F)cc1. The van der Waals surface area contributed by atoms with E-state index < -0.39 is 42.4 Å². The van der Waals surface area contributed by atoms with Crippen LogP contribution in [0, 0.1) is 35.5 Å². The van der Waals surface area contributed by atoms with Crippen molar-refractivity contribution in [3.63, 3.8) is 0 Å². The molecule has 1 saturated heterocycles. The number of anilines is 1. The molecule has 0 N–H and O–H groups in total. The Hall–Kier alpha value is -2.84. The van der Waals surface area contributed by atoms with Gasteiger partial charge in [-0.2, -0.15) is 13.2 Å². The van der Waals surface area contributed by atoms with Crippen molar-refractivity contribution >= 4 is 23.4 Å². The van der Waals surface area contributed by atoms with E-state index >= 15 is 0 Å². The molecule has 0 aromatic heterocycles. The Morgan fingerprint density at radius 2 is 1.61 bits per heavy atom. The van der Waals surface area contributed by atoms with Gasteiger partial charge in [0.1, 0.15) is 12.4 Å². The highest BCUT2D eigenvalue weighted by Gasteiger charge is 2.67. The van der Waals surface area contributed by atoms with E-state index in [0.29, 0.717) is 29.1 Å². The summed E-state index contributed by atoms with van der Waals surface area (Å²) in [5.41, 5.74) is -0.0646. The van der Waals surface area contributed by atoms with E-state index in [2.05, 4.69) is 0 Å². The Morgan fingerprint density at radius 3 is 2.10 bits per heavy atom. The van der Waals surface area contributed by atoms with E-state index in [-0.39, 0.29) is 17.5 Å². The van der Waals surface area contributed by atoms with Gasteiger partial charge in [-0.3, -0.25) is 24.2 Å². The molecule has 0 unspecified atom stereocenters. The van der Waals surface area contributed by atoms with Gasteiger partial charge in [0.25, 0.3) is 0 Å². The van der Waals surface area contributed by atoms with Crippen LogP contribution in [0.2, 0.25) is 0 Å². The lowest BCUT2D eigenvalue weighted by Crippen LogP contribution is -2.49. The minimum atomic E-state index is -5.15. The third kappa shape index (κ3) is 3.04. The molecule has 0 radical (unpaired) electrons. The highest BCUT2D eigenvalue weighted by Crippen LogP contribution is 2.65. The summed E-state index contributed by atoms with van der Waals surface area (Å²) >= 11 is 0. The van der Waals surface area contributed by atoms with Crippen LogP contribution in [0.15, 0.2) is 36.4 Å². The van der Waals surface area contributed by atoms with Crippen LogP contribution in [0.5, 0.6) is 5.75 Å². The zero-order chi connectivity index (χ0) is 22.1. The lowest BCUT2D eigenvalue weighted by molar-refractivity contribution is -0.171. The van der Waals surface area contributed by atoms with Gasteiger partial charge in [-0.25, -0.2) is 0 Å². The van der Waals surface area contributed by atoms with Gasteiger partial charge in [-0.1, -0.05) is 12.2 Å². The number of carbonyl (C=O) groups excluding carboxylic acids is 3. The molecule has 2 saturated carbocycles. The summed E-state index contributed by atoms with van der Waals surface area (Å²) in [5, 5.41) is 0. The van der Waals surface area contributed by atoms with Crippen LogP contribution in [0.25, 0.3) is 0 Å². The third-order valence-corrected chi connectivity index (χ3v) is 6.98. The largest absolute Gasteiger partial charge is 0.494 e. The van der Waals surface area contributed by atoms with Gasteiger partial charge in [0.15, 0.2) is 0 Å². The number of hydrogen-bond donors (Lipinski definition) is 0. The molecule has 4 aliphatic carbocycles. The Balaban J connectivity index is 1.44. The average molecular weight is 434 g/mol. The molecule has 9 heteroatoms. The maximum absolute atomic E-state index is 13.3. The summed E-state index contributed by atoms with van der Waals surface area (Å²) in [5.74, 6) is -3.04. The number of hydrogen-bond acceptors (Lipinski definition) is 4. The minimum Gasteiger partial charge on any atom is -0.494 e. The Bertz CT molecular complexity index is 938. The van der Waals surface area contributed by atoms with Gasteiger partial charge in [0.05, 0.1) is 18.4 Å². The van der Waals surface area contributed by atoms with Crippen molar-refractivity contribution in [3.8, 4) is 5.75 Å². The third-order valence-electron chi connectivity index (χ3n) is 6.98. The topological polar surface area (TPSA) is 66.9 Å². The zero-order valence-electron chi connectivity index (χ0n) is 16.7. The number of halogens is 3. The molecule has 1 aliphatic heterocycles. The van der Waals surface area contributed by atoms with Gasteiger partial charge >= 0.3 is 12.1 Å². The average Bonchev–Trinajstić information content (AvgIpc) is 3.52. The first-order valence-electron chi connectivity index (χ1n) is 10.4.